The van der Waals surface area contributed by atoms with E-state index >= 15 is 0 Å². The number of nitrogens with zero attached hydrogens (tertiary/aromatic N) is 1. The molecule has 3 nitrogen and oxygen atoms in total. The van der Waals surface area contributed by atoms with Gasteiger partial charge in [0.25, 0.3) is 0 Å². The fourth-order valence-corrected chi connectivity index (χ4v) is 2.75. The van der Waals surface area contributed by atoms with Crippen molar-refractivity contribution in [2.45, 2.75) is 90.4 Å². The van der Waals surface area contributed by atoms with Gasteiger partial charge in [0.2, 0.25) is 0 Å². The summed E-state index contributed by atoms with van der Waals surface area (Å²) >= 11 is 0. The molecule has 0 fully saturated rings. The minimum atomic E-state index is -0.406. The highest BCUT2D eigenvalue weighted by atomic mass is 16.3. The van der Waals surface area contributed by atoms with Crippen LogP contribution in [0.5, 0.6) is 0 Å². The van der Waals surface area contributed by atoms with E-state index in [1.165, 1.54) is 57.8 Å². The first-order chi connectivity index (χ1) is 10.3. The molecular formula is C18H34N2O. The molecule has 3 heteroatoms. The molecule has 0 aromatic rings. The molecule has 2 atom stereocenters. The number of rotatable bonds is 12. The molecule has 0 bridgehead atoms. The van der Waals surface area contributed by atoms with E-state index in [2.05, 4.69) is 24.4 Å². The van der Waals surface area contributed by atoms with Gasteiger partial charge in [-0.05, 0) is 45.4 Å². The monoisotopic (exact) mass is 294 g/mol. The van der Waals surface area contributed by atoms with E-state index in [4.69, 9.17) is 0 Å². The van der Waals surface area contributed by atoms with Crippen LogP contribution >= 0.6 is 0 Å². The van der Waals surface area contributed by atoms with Gasteiger partial charge in [-0.25, -0.2) is 0 Å². The maximum absolute atomic E-state index is 9.63. The third-order valence-electron chi connectivity index (χ3n) is 4.07. The average Bonchev–Trinajstić information content (AvgIpc) is 2.93. The topological polar surface area (TPSA) is 35.5 Å². The van der Waals surface area contributed by atoms with Crippen LogP contribution in [0.2, 0.25) is 0 Å². The van der Waals surface area contributed by atoms with Crippen molar-refractivity contribution in [3.8, 4) is 0 Å². The minimum absolute atomic E-state index is 0.277. The van der Waals surface area contributed by atoms with Crippen LogP contribution in [0.4, 0.5) is 0 Å². The van der Waals surface area contributed by atoms with Crippen molar-refractivity contribution in [1.29, 1.82) is 0 Å². The average molecular weight is 294 g/mol. The second-order valence-electron chi connectivity index (χ2n) is 6.04. The van der Waals surface area contributed by atoms with Crippen molar-refractivity contribution < 1.29 is 5.11 Å². The molecule has 1 aliphatic rings. The Hall–Kier alpha value is -0.960. The van der Waals surface area contributed by atoms with Gasteiger partial charge < -0.3 is 15.3 Å². The molecule has 0 radical (unpaired) electrons. The molecule has 1 heterocycles. The van der Waals surface area contributed by atoms with E-state index in [0.717, 1.165) is 6.42 Å². The summed E-state index contributed by atoms with van der Waals surface area (Å²) in [5.41, 5.74) is 0. The Morgan fingerprint density at radius 2 is 1.76 bits per heavy atom. The first-order valence-corrected chi connectivity index (χ1v) is 8.79. The van der Waals surface area contributed by atoms with Crippen LogP contribution in [0.25, 0.3) is 0 Å². The Bertz CT molecular complexity index is 300. The predicted molar refractivity (Wildman–Crippen MR) is 90.6 cm³/mol. The van der Waals surface area contributed by atoms with Gasteiger partial charge in [-0.2, -0.15) is 0 Å². The Balaban J connectivity index is 1.92. The van der Waals surface area contributed by atoms with Crippen LogP contribution < -0.4 is 5.32 Å². The summed E-state index contributed by atoms with van der Waals surface area (Å²) in [5, 5.41) is 12.9. The number of hydrogen-bond acceptors (Lipinski definition) is 3. The number of unbranched alkanes of at least 4 members (excludes halogenated alkanes) is 7. The molecule has 0 saturated carbocycles. The summed E-state index contributed by atoms with van der Waals surface area (Å²) in [6.45, 7) is 4.07. The van der Waals surface area contributed by atoms with Crippen LogP contribution in [0.15, 0.2) is 24.6 Å². The van der Waals surface area contributed by atoms with E-state index in [0.29, 0.717) is 0 Å². The van der Waals surface area contributed by atoms with Crippen molar-refractivity contribution in [1.82, 2.24) is 10.2 Å². The SMILES string of the molecule is CCCCCC/C=C/CCCCCC1NC=CN1C(C)O. The lowest BCUT2D eigenvalue weighted by Gasteiger charge is -2.28. The van der Waals surface area contributed by atoms with Gasteiger partial charge in [-0.3, -0.25) is 0 Å². The molecule has 0 aromatic heterocycles. The standard InChI is InChI=1S/C18H34N2O/c1-3-4-5-6-7-8-9-10-11-12-13-14-18-19-15-16-20(18)17(2)21/h8-9,15-19,21H,3-7,10-14H2,1-2H3/b9-8+. The molecule has 2 unspecified atom stereocenters. The molecule has 2 N–H and O–H groups in total. The summed E-state index contributed by atoms with van der Waals surface area (Å²) in [5.74, 6) is 0. The van der Waals surface area contributed by atoms with Gasteiger partial charge in [0, 0.05) is 12.4 Å². The second-order valence-corrected chi connectivity index (χ2v) is 6.04. The highest BCUT2D eigenvalue weighted by molar-refractivity contribution is 4.94. The fraction of sp³-hybridized carbons (Fsp3) is 0.778. The van der Waals surface area contributed by atoms with Crippen molar-refractivity contribution in [2.24, 2.45) is 0 Å². The number of allylic oxidation sites excluding steroid dienone is 2. The lowest BCUT2D eigenvalue weighted by atomic mass is 10.1. The molecule has 0 aliphatic carbocycles. The second kappa shape index (κ2) is 11.7. The normalized spacial score (nSPS) is 19.4. The predicted octanol–water partition coefficient (Wildman–Crippen LogP) is 4.50. The summed E-state index contributed by atoms with van der Waals surface area (Å²) in [6, 6.07) is 0. The van der Waals surface area contributed by atoms with Crippen molar-refractivity contribution in [2.75, 3.05) is 0 Å². The summed E-state index contributed by atoms with van der Waals surface area (Å²) < 4.78 is 0. The zero-order valence-electron chi connectivity index (χ0n) is 13.9. The van der Waals surface area contributed by atoms with Crippen molar-refractivity contribution in [3.05, 3.63) is 24.6 Å². The van der Waals surface area contributed by atoms with Crippen LogP contribution in [0.1, 0.15) is 78.1 Å². The smallest absolute Gasteiger partial charge is 0.125 e. The van der Waals surface area contributed by atoms with E-state index in [9.17, 15) is 5.11 Å². The quantitative estimate of drug-likeness (QED) is 0.411. The highest BCUT2D eigenvalue weighted by Gasteiger charge is 2.20. The Morgan fingerprint density at radius 1 is 1.10 bits per heavy atom. The largest absolute Gasteiger partial charge is 0.374 e. The molecule has 122 valence electrons. The Labute approximate surface area is 131 Å². The first kappa shape index (κ1) is 18.1. The lowest BCUT2D eigenvalue weighted by Crippen LogP contribution is -2.40. The van der Waals surface area contributed by atoms with E-state index in [-0.39, 0.29) is 6.17 Å². The minimum Gasteiger partial charge on any atom is -0.374 e. The van der Waals surface area contributed by atoms with Crippen molar-refractivity contribution >= 4 is 0 Å². The van der Waals surface area contributed by atoms with E-state index < -0.39 is 6.23 Å². The number of nitrogens with one attached hydrogen (secondary N) is 1. The lowest BCUT2D eigenvalue weighted by molar-refractivity contribution is 0.0254. The fourth-order valence-electron chi connectivity index (χ4n) is 2.75. The molecular weight excluding hydrogens is 260 g/mol. The van der Waals surface area contributed by atoms with Gasteiger partial charge in [-0.15, -0.1) is 0 Å². The van der Waals surface area contributed by atoms with Gasteiger partial charge in [0.05, 0.1) is 0 Å². The molecule has 0 saturated heterocycles. The third kappa shape index (κ3) is 8.15. The van der Waals surface area contributed by atoms with Gasteiger partial charge >= 0.3 is 0 Å². The van der Waals surface area contributed by atoms with Crippen LogP contribution in [-0.2, 0) is 0 Å². The summed E-state index contributed by atoms with van der Waals surface area (Å²) in [6.07, 6.45) is 21.2. The van der Waals surface area contributed by atoms with Gasteiger partial charge in [0.1, 0.15) is 12.4 Å². The highest BCUT2D eigenvalue weighted by Crippen LogP contribution is 2.15. The maximum Gasteiger partial charge on any atom is 0.125 e. The Morgan fingerprint density at radius 3 is 2.38 bits per heavy atom. The number of hydrogen-bond donors (Lipinski definition) is 2. The zero-order chi connectivity index (χ0) is 15.3. The van der Waals surface area contributed by atoms with Crippen LogP contribution in [0.3, 0.4) is 0 Å². The molecule has 0 aromatic carbocycles. The summed E-state index contributed by atoms with van der Waals surface area (Å²) in [4.78, 5) is 1.98. The third-order valence-corrected chi connectivity index (χ3v) is 4.07. The van der Waals surface area contributed by atoms with Crippen LogP contribution in [0, 0.1) is 0 Å². The molecule has 0 spiro atoms. The van der Waals surface area contributed by atoms with Crippen molar-refractivity contribution in [3.63, 3.8) is 0 Å². The maximum atomic E-state index is 9.63. The number of aliphatic hydroxyl groups is 1. The van der Waals surface area contributed by atoms with E-state index in [1.807, 2.05) is 24.2 Å². The molecule has 21 heavy (non-hydrogen) atoms. The Kier molecular flexibility index (Phi) is 10.1. The van der Waals surface area contributed by atoms with E-state index in [1.54, 1.807) is 0 Å². The molecule has 1 rings (SSSR count). The molecule has 0 amide bonds. The first-order valence-electron chi connectivity index (χ1n) is 8.79. The molecule has 1 aliphatic heterocycles. The number of aliphatic hydroxyl groups excluding tert-OH is 1. The zero-order valence-corrected chi connectivity index (χ0v) is 13.9. The van der Waals surface area contributed by atoms with Gasteiger partial charge in [0.15, 0.2) is 0 Å². The van der Waals surface area contributed by atoms with Crippen LogP contribution in [-0.4, -0.2) is 22.4 Å². The van der Waals surface area contributed by atoms with Gasteiger partial charge in [-0.1, -0.05) is 44.8 Å². The summed E-state index contributed by atoms with van der Waals surface area (Å²) in [7, 11) is 0.